The summed E-state index contributed by atoms with van der Waals surface area (Å²) in [5, 5.41) is 9.41. The smallest absolute Gasteiger partial charge is 0.325 e. The maximum Gasteiger partial charge on any atom is 0.418 e. The van der Waals surface area contributed by atoms with Crippen LogP contribution in [0.5, 0.6) is 0 Å². The van der Waals surface area contributed by atoms with Gasteiger partial charge in [0.15, 0.2) is 0 Å². The number of benzene rings is 3. The Bertz CT molecular complexity index is 1580. The molecule has 0 aliphatic rings. The highest BCUT2D eigenvalue weighted by Crippen LogP contribution is 2.36. The number of halogens is 4. The molecule has 210 valence electrons. The number of carbonyl (C=O) groups excluding carboxylic acids is 3. The number of thiophene rings is 1. The molecule has 4 rings (SSSR count). The number of rotatable bonds is 9. The Morgan fingerprint density at radius 3 is 2.39 bits per heavy atom. The van der Waals surface area contributed by atoms with E-state index in [4.69, 9.17) is 11.6 Å². The van der Waals surface area contributed by atoms with Gasteiger partial charge in [-0.25, -0.2) is 0 Å². The Labute approximate surface area is 246 Å². The van der Waals surface area contributed by atoms with Crippen LogP contribution in [0.1, 0.15) is 20.8 Å². The summed E-state index contributed by atoms with van der Waals surface area (Å²) < 4.78 is 40.0. The van der Waals surface area contributed by atoms with Gasteiger partial charge in [-0.15, -0.1) is 23.1 Å². The lowest BCUT2D eigenvalue weighted by atomic mass is 10.1. The third-order valence-electron chi connectivity index (χ3n) is 5.38. The summed E-state index contributed by atoms with van der Waals surface area (Å²) in [7, 11) is 0. The first-order chi connectivity index (χ1) is 19.6. The molecule has 0 atom stereocenters. The van der Waals surface area contributed by atoms with Crippen molar-refractivity contribution in [3.63, 3.8) is 0 Å². The average Bonchev–Trinajstić information content (AvgIpc) is 3.46. The van der Waals surface area contributed by atoms with Crippen molar-refractivity contribution in [2.24, 2.45) is 0 Å². The van der Waals surface area contributed by atoms with Crippen molar-refractivity contribution < 1.29 is 27.6 Å². The normalized spacial score (nSPS) is 11.6. The average molecular weight is 616 g/mol. The summed E-state index contributed by atoms with van der Waals surface area (Å²) >= 11 is 8.16. The molecular weight excluding hydrogens is 595 g/mol. The van der Waals surface area contributed by atoms with Gasteiger partial charge >= 0.3 is 6.18 Å². The second-order valence-corrected chi connectivity index (χ2v) is 10.9. The lowest BCUT2D eigenvalue weighted by molar-refractivity contribution is -0.137. The summed E-state index contributed by atoms with van der Waals surface area (Å²) in [5.74, 6) is -1.85. The van der Waals surface area contributed by atoms with Crippen LogP contribution >= 0.6 is 34.7 Å². The van der Waals surface area contributed by atoms with Crippen molar-refractivity contribution >= 4 is 69.9 Å². The molecular formula is C29H21ClF3N3O3S2. The number of alkyl halides is 3. The number of carbonyl (C=O) groups is 3. The van der Waals surface area contributed by atoms with Crippen LogP contribution in [-0.2, 0) is 15.8 Å². The number of hydrogen-bond donors (Lipinski definition) is 3. The van der Waals surface area contributed by atoms with E-state index in [1.165, 1.54) is 17.4 Å². The molecule has 4 aromatic rings. The highest BCUT2D eigenvalue weighted by Gasteiger charge is 2.34. The summed E-state index contributed by atoms with van der Waals surface area (Å²) in [6, 6.07) is 21.8. The van der Waals surface area contributed by atoms with Crippen LogP contribution in [0.4, 0.5) is 24.5 Å². The fraction of sp³-hybridized carbons (Fsp3) is 0.0690. The standard InChI is InChI=1S/C29H21ClF3N3O3S2/c30-19-11-12-24(23(14-19)29(31,32)33)35-26(37)17-41-21-9-4-8-20(15-21)34-28(39)25(16-22-10-5-13-40-22)36-27(38)18-6-2-1-3-7-18/h1-16H,17H2,(H,34,39)(H,35,37)(H,36,38)/b25-16-. The molecule has 1 aromatic heterocycles. The maximum atomic E-state index is 13.3. The molecule has 1 heterocycles. The Kier molecular flexibility index (Phi) is 9.87. The second-order valence-electron chi connectivity index (χ2n) is 8.40. The van der Waals surface area contributed by atoms with Gasteiger partial charge < -0.3 is 16.0 Å². The van der Waals surface area contributed by atoms with Crippen LogP contribution in [0.2, 0.25) is 5.02 Å². The second kappa shape index (κ2) is 13.5. The Hall–Kier alpha value is -4.06. The third-order valence-corrected chi connectivity index (χ3v) is 7.43. The van der Waals surface area contributed by atoms with Crippen LogP contribution in [0, 0.1) is 0 Å². The van der Waals surface area contributed by atoms with Gasteiger partial charge in [0.2, 0.25) is 5.91 Å². The lowest BCUT2D eigenvalue weighted by Gasteiger charge is -2.14. The van der Waals surface area contributed by atoms with E-state index in [1.807, 2.05) is 11.4 Å². The maximum absolute atomic E-state index is 13.3. The molecule has 0 aliphatic heterocycles. The SMILES string of the molecule is O=C(CSc1cccc(NC(=O)/C(=C/c2cccs2)NC(=O)c2ccccc2)c1)Nc1ccc(Cl)cc1C(F)(F)F. The monoisotopic (exact) mass is 615 g/mol. The van der Waals surface area contributed by atoms with Gasteiger partial charge in [-0.2, -0.15) is 13.2 Å². The van der Waals surface area contributed by atoms with Gasteiger partial charge in [0.1, 0.15) is 5.70 Å². The first kappa shape index (κ1) is 29.9. The number of hydrogen-bond acceptors (Lipinski definition) is 5. The molecule has 12 heteroatoms. The minimum absolute atomic E-state index is 0.0298. The minimum Gasteiger partial charge on any atom is -0.325 e. The summed E-state index contributed by atoms with van der Waals surface area (Å²) in [6.45, 7) is 0. The first-order valence-corrected chi connectivity index (χ1v) is 14.2. The third kappa shape index (κ3) is 8.71. The minimum atomic E-state index is -4.69. The molecule has 0 aliphatic carbocycles. The molecule has 0 saturated heterocycles. The van der Waals surface area contributed by atoms with Crippen LogP contribution < -0.4 is 16.0 Å². The van der Waals surface area contributed by atoms with Gasteiger partial charge in [0.05, 0.1) is 17.0 Å². The molecule has 0 spiro atoms. The Balaban J connectivity index is 1.42. The van der Waals surface area contributed by atoms with Crippen LogP contribution in [0.3, 0.4) is 0 Å². The molecule has 3 amide bonds. The van der Waals surface area contributed by atoms with Gasteiger partial charge in [0.25, 0.3) is 11.8 Å². The molecule has 0 fully saturated rings. The van der Waals surface area contributed by atoms with E-state index in [0.717, 1.165) is 28.8 Å². The highest BCUT2D eigenvalue weighted by molar-refractivity contribution is 8.00. The molecule has 6 nitrogen and oxygen atoms in total. The Morgan fingerprint density at radius 1 is 0.902 bits per heavy atom. The zero-order chi connectivity index (χ0) is 29.4. The van der Waals surface area contributed by atoms with Crippen molar-refractivity contribution in [1.29, 1.82) is 0 Å². The predicted molar refractivity (Wildman–Crippen MR) is 157 cm³/mol. The van der Waals surface area contributed by atoms with Gasteiger partial charge in [-0.3, -0.25) is 14.4 Å². The first-order valence-electron chi connectivity index (χ1n) is 11.9. The molecule has 3 N–H and O–H groups in total. The van der Waals surface area contributed by atoms with Gasteiger partial charge in [0, 0.05) is 26.0 Å². The van der Waals surface area contributed by atoms with Crippen molar-refractivity contribution in [3.05, 3.63) is 117 Å². The quantitative estimate of drug-likeness (QED) is 0.134. The topological polar surface area (TPSA) is 87.3 Å². The van der Waals surface area contributed by atoms with E-state index >= 15 is 0 Å². The van der Waals surface area contributed by atoms with E-state index in [2.05, 4.69) is 16.0 Å². The molecule has 0 saturated carbocycles. The van der Waals surface area contributed by atoms with Crippen molar-refractivity contribution in [3.8, 4) is 0 Å². The van der Waals surface area contributed by atoms with E-state index in [1.54, 1.807) is 66.7 Å². The van der Waals surface area contributed by atoms with Crippen LogP contribution in [-0.4, -0.2) is 23.5 Å². The van der Waals surface area contributed by atoms with Crippen molar-refractivity contribution in [2.45, 2.75) is 11.1 Å². The number of anilines is 2. The number of thioether (sulfide) groups is 1. The molecule has 0 bridgehead atoms. The van der Waals surface area contributed by atoms with Crippen molar-refractivity contribution in [2.75, 3.05) is 16.4 Å². The van der Waals surface area contributed by atoms with E-state index < -0.39 is 35.1 Å². The van der Waals surface area contributed by atoms with Gasteiger partial charge in [-0.1, -0.05) is 41.9 Å². The van der Waals surface area contributed by atoms with Crippen LogP contribution in [0.15, 0.2) is 101 Å². The fourth-order valence-electron chi connectivity index (χ4n) is 3.52. The van der Waals surface area contributed by atoms with Crippen molar-refractivity contribution in [1.82, 2.24) is 5.32 Å². The molecule has 0 unspecified atom stereocenters. The number of nitrogens with one attached hydrogen (secondary N) is 3. The summed E-state index contributed by atoms with van der Waals surface area (Å²) in [5.41, 5.74) is -0.629. The zero-order valence-electron chi connectivity index (χ0n) is 21.0. The zero-order valence-corrected chi connectivity index (χ0v) is 23.4. The summed E-state index contributed by atoms with van der Waals surface area (Å²) in [6.07, 6.45) is -3.12. The number of amides is 3. The van der Waals surface area contributed by atoms with E-state index in [-0.39, 0.29) is 16.5 Å². The molecule has 3 aromatic carbocycles. The van der Waals surface area contributed by atoms with E-state index in [0.29, 0.717) is 16.1 Å². The highest BCUT2D eigenvalue weighted by atomic mass is 35.5. The van der Waals surface area contributed by atoms with E-state index in [9.17, 15) is 27.6 Å². The van der Waals surface area contributed by atoms with Gasteiger partial charge in [-0.05, 0) is 66.1 Å². The fourth-order valence-corrected chi connectivity index (χ4v) is 5.10. The predicted octanol–water partition coefficient (Wildman–Crippen LogP) is 7.56. The molecule has 41 heavy (non-hydrogen) atoms. The summed E-state index contributed by atoms with van der Waals surface area (Å²) in [4.78, 5) is 39.7. The lowest BCUT2D eigenvalue weighted by Crippen LogP contribution is -2.30. The molecule has 0 radical (unpaired) electrons. The largest absolute Gasteiger partial charge is 0.418 e. The van der Waals surface area contributed by atoms with Crippen LogP contribution in [0.25, 0.3) is 6.08 Å². The Morgan fingerprint density at radius 2 is 1.68 bits per heavy atom.